The molecule has 2 aromatic carbocycles. The number of rotatable bonds is 3. The van der Waals surface area contributed by atoms with Crippen LogP contribution < -0.4 is 5.32 Å². The van der Waals surface area contributed by atoms with Gasteiger partial charge >= 0.3 is 0 Å². The van der Waals surface area contributed by atoms with Gasteiger partial charge in [0.1, 0.15) is 5.69 Å². The van der Waals surface area contributed by atoms with Crippen molar-refractivity contribution in [1.82, 2.24) is 4.40 Å². The lowest BCUT2D eigenvalue weighted by Crippen LogP contribution is -2.25. The van der Waals surface area contributed by atoms with Gasteiger partial charge in [-0.25, -0.2) is 0 Å². The summed E-state index contributed by atoms with van der Waals surface area (Å²) < 4.78 is 1.60. The van der Waals surface area contributed by atoms with Crippen LogP contribution in [0.3, 0.4) is 0 Å². The Morgan fingerprint density at radius 1 is 0.806 bits per heavy atom. The minimum Gasteiger partial charge on any atom is -0.326 e. The largest absolute Gasteiger partial charge is 0.326 e. The lowest BCUT2D eigenvalue weighted by molar-refractivity contribution is -0.114. The predicted molar refractivity (Wildman–Crippen MR) is 115 cm³/mol. The van der Waals surface area contributed by atoms with Gasteiger partial charge in [-0.05, 0) is 18.2 Å². The van der Waals surface area contributed by atoms with E-state index in [2.05, 4.69) is 5.32 Å². The summed E-state index contributed by atoms with van der Waals surface area (Å²) in [5.41, 5.74) is 1.87. The molecule has 0 saturated carbocycles. The van der Waals surface area contributed by atoms with Crippen molar-refractivity contribution in [3.8, 4) is 0 Å². The number of carbonyl (C=O) groups excluding carboxylic acids is 4. The van der Waals surface area contributed by atoms with Crippen molar-refractivity contribution in [2.45, 2.75) is 6.92 Å². The number of nitrogens with one attached hydrogen (secondary N) is 1. The number of aromatic nitrogens is 1. The molecule has 0 spiro atoms. The third-order valence-electron chi connectivity index (χ3n) is 5.40. The number of anilines is 1. The number of benzene rings is 2. The van der Waals surface area contributed by atoms with Gasteiger partial charge in [-0.3, -0.25) is 19.2 Å². The lowest BCUT2D eigenvalue weighted by Gasteiger charge is -2.19. The zero-order valence-electron chi connectivity index (χ0n) is 16.5. The average molecular weight is 408 g/mol. The quantitative estimate of drug-likeness (QED) is 0.459. The number of ketones is 3. The second-order valence-corrected chi connectivity index (χ2v) is 7.32. The monoisotopic (exact) mass is 408 g/mol. The maximum Gasteiger partial charge on any atom is 0.221 e. The molecule has 31 heavy (non-hydrogen) atoms. The molecule has 0 saturated heterocycles. The number of hydrogen-bond donors (Lipinski definition) is 1. The first-order chi connectivity index (χ1) is 15.0. The molecule has 0 bridgehead atoms. The molecule has 2 aromatic heterocycles. The van der Waals surface area contributed by atoms with E-state index in [1.165, 1.54) is 6.92 Å². The van der Waals surface area contributed by atoms with E-state index in [0.717, 1.165) is 0 Å². The van der Waals surface area contributed by atoms with Crippen LogP contribution in [0.5, 0.6) is 0 Å². The van der Waals surface area contributed by atoms with E-state index >= 15 is 0 Å². The van der Waals surface area contributed by atoms with Crippen molar-refractivity contribution in [3.05, 3.63) is 106 Å². The van der Waals surface area contributed by atoms with Crippen LogP contribution in [-0.2, 0) is 4.79 Å². The molecule has 4 aromatic rings. The first kappa shape index (κ1) is 18.7. The number of fused-ring (bicyclic) bond motifs is 4. The fraction of sp³-hybridized carbons (Fsp3) is 0.0400. The van der Waals surface area contributed by atoms with Crippen LogP contribution in [0, 0.1) is 0 Å². The Hall–Kier alpha value is -4.32. The Morgan fingerprint density at radius 2 is 1.55 bits per heavy atom. The molecule has 6 heteroatoms. The Kier molecular flexibility index (Phi) is 4.15. The van der Waals surface area contributed by atoms with Crippen LogP contribution in [0.15, 0.2) is 72.9 Å². The van der Waals surface area contributed by atoms with Gasteiger partial charge in [0.05, 0.1) is 27.9 Å². The average Bonchev–Trinajstić information content (AvgIpc) is 3.13. The molecule has 1 aliphatic carbocycles. The standard InChI is InChI=1S/C25H16N2O4/c1-14(28)26-17-11-7-10-16-19(17)25(31)21-20(23(29)15-8-3-2-4-9-15)18-12-5-6-13-27(18)22(21)24(16)30/h2-13H,1H3,(H,26,28). The highest BCUT2D eigenvalue weighted by Gasteiger charge is 2.39. The molecule has 1 N–H and O–H groups in total. The minimum atomic E-state index is -0.461. The fourth-order valence-corrected chi connectivity index (χ4v) is 4.15. The molecule has 150 valence electrons. The van der Waals surface area contributed by atoms with Crippen LogP contribution in [-0.4, -0.2) is 27.7 Å². The summed E-state index contributed by atoms with van der Waals surface area (Å²) in [5, 5.41) is 2.63. The van der Waals surface area contributed by atoms with Crippen molar-refractivity contribution < 1.29 is 19.2 Å². The highest BCUT2D eigenvalue weighted by molar-refractivity contribution is 6.35. The highest BCUT2D eigenvalue weighted by Crippen LogP contribution is 2.37. The van der Waals surface area contributed by atoms with E-state index in [-0.39, 0.29) is 51.1 Å². The number of pyridine rings is 1. The molecule has 0 radical (unpaired) electrons. The third kappa shape index (κ3) is 2.73. The van der Waals surface area contributed by atoms with Gasteiger partial charge in [0, 0.05) is 24.2 Å². The Bertz CT molecular complexity index is 1430. The predicted octanol–water partition coefficient (Wildman–Crippen LogP) is 3.90. The number of carbonyl (C=O) groups is 4. The maximum absolute atomic E-state index is 13.7. The van der Waals surface area contributed by atoms with Crippen molar-refractivity contribution in [2.75, 3.05) is 5.32 Å². The second kappa shape index (κ2) is 6.88. The molecule has 2 heterocycles. The van der Waals surface area contributed by atoms with Gasteiger partial charge in [-0.1, -0.05) is 48.5 Å². The van der Waals surface area contributed by atoms with Gasteiger partial charge in [-0.15, -0.1) is 0 Å². The fourth-order valence-electron chi connectivity index (χ4n) is 4.15. The van der Waals surface area contributed by atoms with Crippen molar-refractivity contribution in [1.29, 1.82) is 0 Å². The number of nitrogens with zero attached hydrogens (tertiary/aromatic N) is 1. The third-order valence-corrected chi connectivity index (χ3v) is 5.40. The van der Waals surface area contributed by atoms with E-state index in [9.17, 15) is 19.2 Å². The maximum atomic E-state index is 13.7. The van der Waals surface area contributed by atoms with E-state index in [0.29, 0.717) is 11.1 Å². The topological polar surface area (TPSA) is 84.7 Å². The summed E-state index contributed by atoms with van der Waals surface area (Å²) in [4.78, 5) is 52.3. The summed E-state index contributed by atoms with van der Waals surface area (Å²) in [6.45, 7) is 1.33. The summed E-state index contributed by atoms with van der Waals surface area (Å²) in [6, 6.07) is 18.6. The lowest BCUT2D eigenvalue weighted by atomic mass is 9.84. The smallest absolute Gasteiger partial charge is 0.221 e. The molecular formula is C25H16N2O4. The molecule has 0 atom stereocenters. The van der Waals surface area contributed by atoms with Crippen LogP contribution in [0.2, 0.25) is 0 Å². The summed E-state index contributed by atoms with van der Waals surface area (Å²) in [5.74, 6) is -1.53. The number of hydrogen-bond acceptors (Lipinski definition) is 4. The Morgan fingerprint density at radius 3 is 2.29 bits per heavy atom. The molecule has 1 amide bonds. The second-order valence-electron chi connectivity index (χ2n) is 7.32. The zero-order valence-corrected chi connectivity index (χ0v) is 16.5. The summed E-state index contributed by atoms with van der Waals surface area (Å²) >= 11 is 0. The SMILES string of the molecule is CC(=O)Nc1cccc2c1C(=O)c1c(C(=O)c3ccccc3)c3ccccn3c1C2=O. The van der Waals surface area contributed by atoms with Gasteiger partial charge in [0.15, 0.2) is 11.6 Å². The Labute approximate surface area is 177 Å². The van der Waals surface area contributed by atoms with Crippen LogP contribution in [0.25, 0.3) is 5.52 Å². The van der Waals surface area contributed by atoms with Gasteiger partial charge < -0.3 is 9.72 Å². The Balaban J connectivity index is 1.84. The zero-order chi connectivity index (χ0) is 21.7. The molecular weight excluding hydrogens is 392 g/mol. The summed E-state index contributed by atoms with van der Waals surface area (Å²) in [7, 11) is 0. The van der Waals surface area contributed by atoms with E-state index in [1.54, 1.807) is 77.3 Å². The van der Waals surface area contributed by atoms with Gasteiger partial charge in [-0.2, -0.15) is 0 Å². The van der Waals surface area contributed by atoms with Crippen LogP contribution >= 0.6 is 0 Å². The van der Waals surface area contributed by atoms with Crippen molar-refractivity contribution >= 4 is 34.5 Å². The normalized spacial score (nSPS) is 12.4. The van der Waals surface area contributed by atoms with Crippen molar-refractivity contribution in [2.24, 2.45) is 0 Å². The van der Waals surface area contributed by atoms with E-state index < -0.39 is 5.78 Å². The van der Waals surface area contributed by atoms with Crippen LogP contribution in [0.1, 0.15) is 54.8 Å². The van der Waals surface area contributed by atoms with Crippen molar-refractivity contribution in [3.63, 3.8) is 0 Å². The first-order valence-electron chi connectivity index (χ1n) is 9.72. The van der Waals surface area contributed by atoms with E-state index in [4.69, 9.17) is 0 Å². The molecule has 0 fully saturated rings. The van der Waals surface area contributed by atoms with Gasteiger partial charge in [0.2, 0.25) is 11.7 Å². The molecule has 5 rings (SSSR count). The molecule has 6 nitrogen and oxygen atoms in total. The highest BCUT2D eigenvalue weighted by atomic mass is 16.2. The van der Waals surface area contributed by atoms with Crippen LogP contribution in [0.4, 0.5) is 5.69 Å². The first-order valence-corrected chi connectivity index (χ1v) is 9.72. The summed E-state index contributed by atoms with van der Waals surface area (Å²) in [6.07, 6.45) is 1.67. The number of amides is 1. The minimum absolute atomic E-state index is 0.0651. The van der Waals surface area contributed by atoms with E-state index in [1.807, 2.05) is 0 Å². The molecule has 0 unspecified atom stereocenters. The molecule has 1 aliphatic rings. The molecule has 0 aliphatic heterocycles. The van der Waals surface area contributed by atoms with Gasteiger partial charge in [0.25, 0.3) is 0 Å².